The molecule has 1 amide bonds. The Balaban J connectivity index is 1.42. The summed E-state index contributed by atoms with van der Waals surface area (Å²) in [7, 11) is 3.46. The molecule has 3 aromatic rings. The van der Waals surface area contributed by atoms with Crippen molar-refractivity contribution in [2.45, 2.75) is 58.3 Å². The van der Waals surface area contributed by atoms with Crippen LogP contribution in [0.3, 0.4) is 0 Å². The molecule has 0 radical (unpaired) electrons. The van der Waals surface area contributed by atoms with Gasteiger partial charge in [-0.25, -0.2) is 14.5 Å². The zero-order valence-electron chi connectivity index (χ0n) is 19.4. The number of rotatable bonds is 7. The summed E-state index contributed by atoms with van der Waals surface area (Å²) in [4.78, 5) is 22.8. The Morgan fingerprint density at radius 2 is 2.03 bits per heavy atom. The average Bonchev–Trinajstić information content (AvgIpc) is 3.20. The molecule has 3 aromatic heterocycles. The van der Waals surface area contributed by atoms with Crippen LogP contribution in [0.25, 0.3) is 11.4 Å². The third-order valence-electron chi connectivity index (χ3n) is 5.86. The Hall–Kier alpha value is -3.49. The van der Waals surface area contributed by atoms with Crippen LogP contribution in [0.4, 0.5) is 4.79 Å². The lowest BCUT2D eigenvalue weighted by Crippen LogP contribution is -2.27. The van der Waals surface area contributed by atoms with E-state index in [9.17, 15) is 4.79 Å². The molecule has 9 heteroatoms. The number of carbonyl (C=O) groups excluding carboxylic acids is 1. The quantitative estimate of drug-likeness (QED) is 0.536. The second kappa shape index (κ2) is 10.4. The minimum Gasteiger partial charge on any atom is -0.489 e. The second-order valence-electron chi connectivity index (χ2n) is 8.44. The zero-order chi connectivity index (χ0) is 23.2. The van der Waals surface area contributed by atoms with Crippen molar-refractivity contribution in [3.8, 4) is 17.1 Å². The number of pyridine rings is 2. The Morgan fingerprint density at radius 3 is 2.76 bits per heavy atom. The van der Waals surface area contributed by atoms with Crippen LogP contribution >= 0.6 is 0 Å². The van der Waals surface area contributed by atoms with Crippen LogP contribution in [-0.4, -0.2) is 49.1 Å². The van der Waals surface area contributed by atoms with Gasteiger partial charge in [0, 0.05) is 26.5 Å². The minimum atomic E-state index is -0.439. The standard InChI is InChI=1S/C24H30N6O3/c1-17-22(33-19-9-5-4-6-10-19)12-11-20(26-17)23-21(30(3)28-27-23)16-32-24(31)29(2)15-18-8-7-13-25-14-18/h7-8,11-14,19H,4-6,9-10,15-16H2,1-3H3. The number of ether oxygens (including phenoxy) is 2. The smallest absolute Gasteiger partial charge is 0.410 e. The SMILES string of the molecule is Cc1nc(-c2nnn(C)c2COC(=O)N(C)Cc2cccnc2)ccc1OC1CCCCC1. The van der Waals surface area contributed by atoms with Crippen LogP contribution < -0.4 is 4.74 Å². The summed E-state index contributed by atoms with van der Waals surface area (Å²) in [6.07, 6.45) is 9.15. The first-order valence-electron chi connectivity index (χ1n) is 11.3. The fourth-order valence-electron chi connectivity index (χ4n) is 3.98. The summed E-state index contributed by atoms with van der Waals surface area (Å²) in [6, 6.07) is 7.57. The van der Waals surface area contributed by atoms with Crippen molar-refractivity contribution in [2.24, 2.45) is 7.05 Å². The number of carbonyl (C=O) groups is 1. The Labute approximate surface area is 193 Å². The van der Waals surface area contributed by atoms with Gasteiger partial charge in [-0.05, 0) is 56.4 Å². The maximum Gasteiger partial charge on any atom is 0.410 e. The molecular formula is C24H30N6O3. The lowest BCUT2D eigenvalue weighted by Gasteiger charge is -2.23. The first-order chi connectivity index (χ1) is 16.0. The highest BCUT2D eigenvalue weighted by Crippen LogP contribution is 2.28. The summed E-state index contributed by atoms with van der Waals surface area (Å²) in [5.74, 6) is 0.805. The van der Waals surface area contributed by atoms with Crippen molar-refractivity contribution in [3.63, 3.8) is 0 Å². The van der Waals surface area contributed by atoms with Crippen molar-refractivity contribution < 1.29 is 14.3 Å². The summed E-state index contributed by atoms with van der Waals surface area (Å²) in [5.41, 5.74) is 3.67. The van der Waals surface area contributed by atoms with Gasteiger partial charge < -0.3 is 14.4 Å². The van der Waals surface area contributed by atoms with Gasteiger partial charge in [0.1, 0.15) is 23.7 Å². The largest absolute Gasteiger partial charge is 0.489 e. The highest BCUT2D eigenvalue weighted by molar-refractivity contribution is 5.67. The van der Waals surface area contributed by atoms with Gasteiger partial charge in [0.05, 0.1) is 24.0 Å². The molecule has 0 N–H and O–H groups in total. The van der Waals surface area contributed by atoms with E-state index in [2.05, 4.69) is 15.3 Å². The van der Waals surface area contributed by atoms with Gasteiger partial charge in [0.25, 0.3) is 0 Å². The maximum absolute atomic E-state index is 12.5. The van der Waals surface area contributed by atoms with Crippen LogP contribution in [-0.2, 0) is 24.9 Å². The molecule has 0 spiro atoms. The van der Waals surface area contributed by atoms with E-state index in [0.29, 0.717) is 23.6 Å². The average molecular weight is 451 g/mol. The lowest BCUT2D eigenvalue weighted by molar-refractivity contribution is 0.100. The van der Waals surface area contributed by atoms with E-state index in [0.717, 1.165) is 29.8 Å². The van der Waals surface area contributed by atoms with Crippen LogP contribution in [0.1, 0.15) is 49.1 Å². The van der Waals surface area contributed by atoms with Crippen LogP contribution in [0, 0.1) is 6.92 Å². The molecule has 1 fully saturated rings. The molecule has 0 unspecified atom stereocenters. The molecular weight excluding hydrogens is 420 g/mol. The summed E-state index contributed by atoms with van der Waals surface area (Å²) in [6.45, 7) is 2.38. The molecule has 174 valence electrons. The Kier molecular flexibility index (Phi) is 7.16. The highest BCUT2D eigenvalue weighted by atomic mass is 16.6. The maximum atomic E-state index is 12.5. The van der Waals surface area contributed by atoms with Crippen LogP contribution in [0.2, 0.25) is 0 Å². The third-order valence-corrected chi connectivity index (χ3v) is 5.86. The van der Waals surface area contributed by atoms with E-state index in [1.807, 2.05) is 31.2 Å². The minimum absolute atomic E-state index is 0.0378. The topological polar surface area (TPSA) is 95.3 Å². The number of hydrogen-bond acceptors (Lipinski definition) is 7. The molecule has 1 saturated carbocycles. The molecule has 0 atom stereocenters. The van der Waals surface area contributed by atoms with Gasteiger partial charge in [-0.15, -0.1) is 5.10 Å². The Bertz CT molecular complexity index is 1080. The van der Waals surface area contributed by atoms with Crippen molar-refractivity contribution in [1.29, 1.82) is 0 Å². The van der Waals surface area contributed by atoms with Gasteiger partial charge in [0.15, 0.2) is 0 Å². The molecule has 33 heavy (non-hydrogen) atoms. The lowest BCUT2D eigenvalue weighted by atomic mass is 9.98. The molecule has 0 aromatic carbocycles. The zero-order valence-corrected chi connectivity index (χ0v) is 19.4. The van der Waals surface area contributed by atoms with Crippen molar-refractivity contribution >= 4 is 6.09 Å². The van der Waals surface area contributed by atoms with Crippen LogP contribution in [0.5, 0.6) is 5.75 Å². The molecule has 4 rings (SSSR count). The summed E-state index contributed by atoms with van der Waals surface area (Å²) < 4.78 is 13.3. The van der Waals surface area contributed by atoms with E-state index in [4.69, 9.17) is 14.5 Å². The second-order valence-corrected chi connectivity index (χ2v) is 8.44. The molecule has 1 aliphatic carbocycles. The van der Waals surface area contributed by atoms with Gasteiger partial charge in [-0.3, -0.25) is 4.98 Å². The third kappa shape index (κ3) is 5.66. The molecule has 9 nitrogen and oxygen atoms in total. The number of hydrogen-bond donors (Lipinski definition) is 0. The van der Waals surface area contributed by atoms with Crippen molar-refractivity contribution in [1.82, 2.24) is 29.9 Å². The fraction of sp³-hybridized carbons (Fsp3) is 0.458. The van der Waals surface area contributed by atoms with Crippen molar-refractivity contribution in [3.05, 3.63) is 53.6 Å². The number of amides is 1. The van der Waals surface area contributed by atoms with Gasteiger partial charge in [0.2, 0.25) is 0 Å². The number of aryl methyl sites for hydroxylation is 2. The molecule has 0 bridgehead atoms. The van der Waals surface area contributed by atoms with E-state index < -0.39 is 6.09 Å². The highest BCUT2D eigenvalue weighted by Gasteiger charge is 2.20. The van der Waals surface area contributed by atoms with Crippen LogP contribution in [0.15, 0.2) is 36.7 Å². The van der Waals surface area contributed by atoms with E-state index >= 15 is 0 Å². The molecule has 0 aliphatic heterocycles. The normalized spacial score (nSPS) is 14.2. The van der Waals surface area contributed by atoms with E-state index in [1.54, 1.807) is 31.2 Å². The Morgan fingerprint density at radius 1 is 1.21 bits per heavy atom. The van der Waals surface area contributed by atoms with Gasteiger partial charge >= 0.3 is 6.09 Å². The number of aromatic nitrogens is 5. The predicted octanol–water partition coefficient (Wildman–Crippen LogP) is 4.06. The fourth-order valence-corrected chi connectivity index (χ4v) is 3.98. The van der Waals surface area contributed by atoms with Gasteiger partial charge in [-0.1, -0.05) is 17.7 Å². The summed E-state index contributed by atoms with van der Waals surface area (Å²) in [5, 5.41) is 8.37. The van der Waals surface area contributed by atoms with E-state index in [-0.39, 0.29) is 12.7 Å². The monoisotopic (exact) mass is 450 g/mol. The van der Waals surface area contributed by atoms with Crippen molar-refractivity contribution in [2.75, 3.05) is 7.05 Å². The molecule has 1 aliphatic rings. The first kappa shape index (κ1) is 22.7. The van der Waals surface area contributed by atoms with E-state index in [1.165, 1.54) is 24.2 Å². The van der Waals surface area contributed by atoms with Gasteiger partial charge in [-0.2, -0.15) is 0 Å². The summed E-state index contributed by atoms with van der Waals surface area (Å²) >= 11 is 0. The first-order valence-corrected chi connectivity index (χ1v) is 11.3. The molecule has 0 saturated heterocycles. The number of nitrogens with zero attached hydrogens (tertiary/aromatic N) is 6. The predicted molar refractivity (Wildman–Crippen MR) is 122 cm³/mol. The molecule has 3 heterocycles.